The van der Waals surface area contributed by atoms with E-state index in [0.717, 1.165) is 41.9 Å². The Morgan fingerprint density at radius 3 is 2.64 bits per heavy atom. The minimum absolute atomic E-state index is 0. The Hall–Kier alpha value is -1.97. The fourth-order valence-corrected chi connectivity index (χ4v) is 2.72. The largest absolute Gasteiger partial charge is 0.497 e. The number of hydrogen-bond donors (Lipinski definition) is 2. The van der Waals surface area contributed by atoms with Crippen LogP contribution in [0.25, 0.3) is 0 Å². The van der Waals surface area contributed by atoms with Crippen molar-refractivity contribution in [1.82, 2.24) is 20.2 Å². The van der Waals surface area contributed by atoms with Crippen LogP contribution >= 0.6 is 24.0 Å². The second kappa shape index (κ2) is 12.5. The van der Waals surface area contributed by atoms with E-state index in [1.165, 1.54) is 0 Å². The topological polar surface area (TPSA) is 72.7 Å². The number of imidazole rings is 1. The fourth-order valence-electron chi connectivity index (χ4n) is 2.72. The quantitative estimate of drug-likeness (QED) is 0.313. The van der Waals surface area contributed by atoms with E-state index in [1.807, 2.05) is 37.5 Å². The molecule has 2 aromatic rings. The number of aromatic nitrogens is 2. The van der Waals surface area contributed by atoms with Gasteiger partial charge in [0.15, 0.2) is 5.96 Å². The zero-order valence-corrected chi connectivity index (χ0v) is 19.7. The van der Waals surface area contributed by atoms with Crippen molar-refractivity contribution in [3.8, 4) is 11.5 Å². The van der Waals surface area contributed by atoms with Crippen molar-refractivity contribution in [2.24, 2.45) is 10.9 Å². The number of guanidine groups is 1. The van der Waals surface area contributed by atoms with Gasteiger partial charge in [-0.25, -0.2) is 9.98 Å². The van der Waals surface area contributed by atoms with Crippen LogP contribution in [0.4, 0.5) is 0 Å². The normalized spacial score (nSPS) is 11.1. The van der Waals surface area contributed by atoms with Gasteiger partial charge in [0.1, 0.15) is 17.3 Å². The minimum atomic E-state index is 0. The average Bonchev–Trinajstić information content (AvgIpc) is 3.10. The summed E-state index contributed by atoms with van der Waals surface area (Å²) in [5, 5.41) is 6.63. The number of nitrogens with one attached hydrogen (secondary N) is 2. The zero-order chi connectivity index (χ0) is 19.6. The molecule has 1 aromatic carbocycles. The van der Waals surface area contributed by atoms with Crippen LogP contribution in [0.3, 0.4) is 0 Å². The smallest absolute Gasteiger partial charge is 0.191 e. The lowest BCUT2D eigenvalue weighted by Gasteiger charge is -2.14. The number of rotatable bonds is 9. The second-order valence-corrected chi connectivity index (χ2v) is 6.62. The van der Waals surface area contributed by atoms with Crippen molar-refractivity contribution in [2.75, 3.05) is 20.8 Å². The second-order valence-electron chi connectivity index (χ2n) is 6.62. The Labute approximate surface area is 185 Å². The van der Waals surface area contributed by atoms with Gasteiger partial charge in [0.2, 0.25) is 0 Å². The SMILES string of the molecule is CCNC(=NCc1ccc(OC)cc1OC)NCc1nccn1CC(C)C.I. The number of ether oxygens (including phenoxy) is 2. The van der Waals surface area contributed by atoms with Gasteiger partial charge in [0.25, 0.3) is 0 Å². The molecule has 1 heterocycles. The van der Waals surface area contributed by atoms with Gasteiger partial charge in [-0.2, -0.15) is 0 Å². The summed E-state index contributed by atoms with van der Waals surface area (Å²) < 4.78 is 12.9. The summed E-state index contributed by atoms with van der Waals surface area (Å²) in [5.74, 6) is 3.84. The Kier molecular flexibility index (Phi) is 10.7. The molecule has 0 saturated heterocycles. The van der Waals surface area contributed by atoms with E-state index in [4.69, 9.17) is 9.47 Å². The van der Waals surface area contributed by atoms with Crippen molar-refractivity contribution in [3.63, 3.8) is 0 Å². The summed E-state index contributed by atoms with van der Waals surface area (Å²) in [5.41, 5.74) is 0.997. The van der Waals surface area contributed by atoms with Crippen LogP contribution in [0.15, 0.2) is 35.6 Å². The van der Waals surface area contributed by atoms with Crippen LogP contribution in [-0.2, 0) is 19.6 Å². The van der Waals surface area contributed by atoms with Crippen molar-refractivity contribution in [3.05, 3.63) is 42.0 Å². The summed E-state index contributed by atoms with van der Waals surface area (Å²) in [6, 6.07) is 5.75. The standard InChI is InChI=1S/C20H31N5O2.HI/c1-6-21-20(24-13-19-22-9-10-25(19)14-15(2)3)23-12-16-7-8-17(26-4)11-18(16)27-5;/h7-11,15H,6,12-14H2,1-5H3,(H2,21,23,24);1H. The van der Waals surface area contributed by atoms with E-state index in [-0.39, 0.29) is 24.0 Å². The van der Waals surface area contributed by atoms with E-state index >= 15 is 0 Å². The number of benzene rings is 1. The van der Waals surface area contributed by atoms with Gasteiger partial charge >= 0.3 is 0 Å². The van der Waals surface area contributed by atoms with Gasteiger partial charge in [-0.1, -0.05) is 13.8 Å². The van der Waals surface area contributed by atoms with Gasteiger partial charge in [-0.15, -0.1) is 24.0 Å². The summed E-state index contributed by atoms with van der Waals surface area (Å²) in [7, 11) is 3.29. The first-order valence-corrected chi connectivity index (χ1v) is 9.30. The highest BCUT2D eigenvalue weighted by Crippen LogP contribution is 2.25. The molecule has 0 aliphatic rings. The Bertz CT molecular complexity index is 746. The molecule has 0 bridgehead atoms. The Morgan fingerprint density at radius 2 is 2.00 bits per heavy atom. The van der Waals surface area contributed by atoms with Gasteiger partial charge in [0, 0.05) is 37.1 Å². The summed E-state index contributed by atoms with van der Waals surface area (Å²) >= 11 is 0. The van der Waals surface area contributed by atoms with Crippen molar-refractivity contribution in [2.45, 2.75) is 40.4 Å². The maximum Gasteiger partial charge on any atom is 0.191 e. The van der Waals surface area contributed by atoms with E-state index in [2.05, 4.69) is 39.0 Å². The maximum atomic E-state index is 5.45. The lowest BCUT2D eigenvalue weighted by molar-refractivity contribution is 0.391. The fraction of sp³-hybridized carbons (Fsp3) is 0.500. The minimum Gasteiger partial charge on any atom is -0.497 e. The molecule has 0 aliphatic heterocycles. The third-order valence-electron chi connectivity index (χ3n) is 4.02. The van der Waals surface area contributed by atoms with Crippen LogP contribution in [0.1, 0.15) is 32.2 Å². The van der Waals surface area contributed by atoms with E-state index in [0.29, 0.717) is 19.0 Å². The lowest BCUT2D eigenvalue weighted by atomic mass is 10.2. The predicted molar refractivity (Wildman–Crippen MR) is 124 cm³/mol. The molecule has 28 heavy (non-hydrogen) atoms. The zero-order valence-electron chi connectivity index (χ0n) is 17.4. The molecule has 0 fully saturated rings. The van der Waals surface area contributed by atoms with Crippen molar-refractivity contribution < 1.29 is 9.47 Å². The predicted octanol–water partition coefficient (Wildman–Crippen LogP) is 3.43. The van der Waals surface area contributed by atoms with E-state index < -0.39 is 0 Å². The molecule has 2 N–H and O–H groups in total. The summed E-state index contributed by atoms with van der Waals surface area (Å²) in [6.07, 6.45) is 3.86. The van der Waals surface area contributed by atoms with Gasteiger partial charge in [-0.3, -0.25) is 0 Å². The van der Waals surface area contributed by atoms with Crippen molar-refractivity contribution in [1.29, 1.82) is 0 Å². The lowest BCUT2D eigenvalue weighted by Crippen LogP contribution is -2.37. The Morgan fingerprint density at radius 1 is 1.21 bits per heavy atom. The maximum absolute atomic E-state index is 5.45. The summed E-state index contributed by atoms with van der Waals surface area (Å²) in [4.78, 5) is 9.12. The van der Waals surface area contributed by atoms with E-state index in [9.17, 15) is 0 Å². The first kappa shape index (κ1) is 24.1. The molecular formula is C20H32IN5O2. The van der Waals surface area contributed by atoms with Crippen LogP contribution in [0.5, 0.6) is 11.5 Å². The van der Waals surface area contributed by atoms with E-state index in [1.54, 1.807) is 14.2 Å². The van der Waals surface area contributed by atoms with Crippen LogP contribution in [-0.4, -0.2) is 36.3 Å². The molecule has 156 valence electrons. The summed E-state index contributed by atoms with van der Waals surface area (Å²) in [6.45, 7) is 9.30. The third-order valence-corrected chi connectivity index (χ3v) is 4.02. The highest BCUT2D eigenvalue weighted by molar-refractivity contribution is 14.0. The number of hydrogen-bond acceptors (Lipinski definition) is 4. The van der Waals surface area contributed by atoms with Gasteiger partial charge in [0.05, 0.1) is 27.3 Å². The monoisotopic (exact) mass is 501 g/mol. The highest BCUT2D eigenvalue weighted by Gasteiger charge is 2.08. The highest BCUT2D eigenvalue weighted by atomic mass is 127. The number of nitrogens with zero attached hydrogens (tertiary/aromatic N) is 3. The molecular weight excluding hydrogens is 469 g/mol. The van der Waals surface area contributed by atoms with Gasteiger partial charge < -0.3 is 24.7 Å². The third kappa shape index (κ3) is 7.21. The molecule has 8 heteroatoms. The molecule has 2 rings (SSSR count). The molecule has 1 aromatic heterocycles. The number of halogens is 1. The Balaban J connectivity index is 0.00000392. The molecule has 0 amide bonds. The molecule has 0 saturated carbocycles. The molecule has 0 unspecified atom stereocenters. The molecule has 0 aliphatic carbocycles. The van der Waals surface area contributed by atoms with Crippen molar-refractivity contribution >= 4 is 29.9 Å². The molecule has 0 spiro atoms. The molecule has 0 atom stereocenters. The van der Waals surface area contributed by atoms with Crippen LogP contribution < -0.4 is 20.1 Å². The molecule has 0 radical (unpaired) electrons. The number of aliphatic imine (C=N–C) groups is 1. The van der Waals surface area contributed by atoms with Gasteiger partial charge in [-0.05, 0) is 25.0 Å². The first-order valence-electron chi connectivity index (χ1n) is 9.30. The van der Waals surface area contributed by atoms with Crippen LogP contribution in [0.2, 0.25) is 0 Å². The number of methoxy groups -OCH3 is 2. The first-order chi connectivity index (χ1) is 13.1. The average molecular weight is 501 g/mol. The molecule has 7 nitrogen and oxygen atoms in total. The van der Waals surface area contributed by atoms with Crippen LogP contribution in [0, 0.1) is 5.92 Å².